The molecule has 1 saturated heterocycles. The maximum atomic E-state index is 5.85. The summed E-state index contributed by atoms with van der Waals surface area (Å²) in [7, 11) is 0. The maximum absolute atomic E-state index is 5.85. The van der Waals surface area contributed by atoms with Crippen molar-refractivity contribution in [1.29, 1.82) is 0 Å². The number of ether oxygens (including phenoxy) is 1. The first-order valence-corrected chi connectivity index (χ1v) is 5.98. The van der Waals surface area contributed by atoms with E-state index in [-0.39, 0.29) is 12.2 Å². The fraction of sp³-hybridized carbons (Fsp3) is 0.636. The molecule has 1 aliphatic rings. The van der Waals surface area contributed by atoms with Crippen molar-refractivity contribution in [1.82, 2.24) is 9.97 Å². The minimum Gasteiger partial charge on any atom is -0.370 e. The van der Waals surface area contributed by atoms with Crippen LogP contribution in [0.5, 0.6) is 0 Å². The molecule has 2 atom stereocenters. The number of aryl methyl sites for hydroxylation is 1. The van der Waals surface area contributed by atoms with Crippen LogP contribution in [0, 0.1) is 6.92 Å². The summed E-state index contributed by atoms with van der Waals surface area (Å²) in [5, 5.41) is 0. The number of rotatable bonds is 2. The van der Waals surface area contributed by atoms with E-state index in [9.17, 15) is 0 Å². The van der Waals surface area contributed by atoms with Gasteiger partial charge in [0.25, 0.3) is 0 Å². The topological polar surface area (TPSA) is 38.2 Å². The predicted octanol–water partition coefficient (Wildman–Crippen LogP) is 1.62. The summed E-state index contributed by atoms with van der Waals surface area (Å²) in [6.07, 6.45) is 3.69. The minimum atomic E-state index is 0.0758. The molecule has 0 spiro atoms. The first-order valence-electron chi connectivity index (χ1n) is 5.44. The molecule has 5 heteroatoms. The molecule has 0 aromatic carbocycles. The van der Waals surface area contributed by atoms with Crippen LogP contribution in [-0.4, -0.2) is 41.1 Å². The van der Waals surface area contributed by atoms with Gasteiger partial charge in [-0.05, 0) is 13.8 Å². The van der Waals surface area contributed by atoms with E-state index >= 15 is 0 Å². The molecule has 2 rings (SSSR count). The Kier molecular flexibility index (Phi) is 3.61. The van der Waals surface area contributed by atoms with Crippen molar-refractivity contribution in [2.45, 2.75) is 26.1 Å². The minimum absolute atomic E-state index is 0.0758. The van der Waals surface area contributed by atoms with Gasteiger partial charge in [0.05, 0.1) is 23.8 Å². The van der Waals surface area contributed by atoms with Crippen molar-refractivity contribution in [3.05, 3.63) is 18.1 Å². The molecular weight excluding hydrogens is 226 g/mol. The fourth-order valence-corrected chi connectivity index (χ4v) is 2.18. The third-order valence-electron chi connectivity index (χ3n) is 2.65. The molecule has 4 nitrogen and oxygen atoms in total. The van der Waals surface area contributed by atoms with Gasteiger partial charge in [-0.15, -0.1) is 11.6 Å². The number of hydrogen-bond acceptors (Lipinski definition) is 4. The lowest BCUT2D eigenvalue weighted by Gasteiger charge is -2.37. The van der Waals surface area contributed by atoms with Gasteiger partial charge in [-0.2, -0.15) is 0 Å². The van der Waals surface area contributed by atoms with Gasteiger partial charge in [-0.1, -0.05) is 0 Å². The van der Waals surface area contributed by atoms with Gasteiger partial charge in [0, 0.05) is 25.5 Å². The lowest BCUT2D eigenvalue weighted by atomic mass is 10.2. The van der Waals surface area contributed by atoms with Crippen molar-refractivity contribution in [2.75, 3.05) is 23.9 Å². The maximum Gasteiger partial charge on any atom is 0.150 e. The summed E-state index contributed by atoms with van der Waals surface area (Å²) < 4.78 is 5.71. The van der Waals surface area contributed by atoms with Crippen LogP contribution in [0.1, 0.15) is 12.6 Å². The third kappa shape index (κ3) is 2.44. The molecule has 2 heterocycles. The van der Waals surface area contributed by atoms with Crippen molar-refractivity contribution in [3.63, 3.8) is 0 Å². The van der Waals surface area contributed by atoms with E-state index in [2.05, 4.69) is 21.8 Å². The van der Waals surface area contributed by atoms with Gasteiger partial charge < -0.3 is 9.64 Å². The molecule has 0 radical (unpaired) electrons. The SMILES string of the molecule is Cc1nccnc1N1CC(C)OC(CCl)C1. The second-order valence-electron chi connectivity index (χ2n) is 4.09. The number of hydrogen-bond donors (Lipinski definition) is 0. The molecule has 1 aromatic rings. The Morgan fingerprint density at radius 3 is 2.88 bits per heavy atom. The highest BCUT2D eigenvalue weighted by molar-refractivity contribution is 6.18. The Morgan fingerprint density at radius 1 is 1.44 bits per heavy atom. The van der Waals surface area contributed by atoms with E-state index < -0.39 is 0 Å². The number of nitrogens with zero attached hydrogens (tertiary/aromatic N) is 3. The van der Waals surface area contributed by atoms with Crippen molar-refractivity contribution >= 4 is 17.4 Å². The van der Waals surface area contributed by atoms with Crippen LogP contribution in [0.4, 0.5) is 5.82 Å². The lowest BCUT2D eigenvalue weighted by Crippen LogP contribution is -2.48. The first kappa shape index (κ1) is 11.6. The van der Waals surface area contributed by atoms with Gasteiger partial charge in [-0.3, -0.25) is 4.98 Å². The predicted molar refractivity (Wildman–Crippen MR) is 64.0 cm³/mol. The Balaban J connectivity index is 2.17. The average Bonchev–Trinajstić information content (AvgIpc) is 2.28. The van der Waals surface area contributed by atoms with Crippen LogP contribution in [0.2, 0.25) is 0 Å². The smallest absolute Gasteiger partial charge is 0.150 e. The Morgan fingerprint density at radius 2 is 2.19 bits per heavy atom. The molecule has 88 valence electrons. The average molecular weight is 242 g/mol. The highest BCUT2D eigenvalue weighted by atomic mass is 35.5. The Hall–Kier alpha value is -0.870. The quantitative estimate of drug-likeness (QED) is 0.738. The van der Waals surface area contributed by atoms with Crippen LogP contribution >= 0.6 is 11.6 Å². The van der Waals surface area contributed by atoms with E-state index in [1.165, 1.54) is 0 Å². The lowest BCUT2D eigenvalue weighted by molar-refractivity contribution is -0.00362. The standard InChI is InChI=1S/C11H16ClN3O/c1-8-6-15(7-10(5-12)16-8)11-9(2)13-3-4-14-11/h3-4,8,10H,5-7H2,1-2H3. The molecule has 16 heavy (non-hydrogen) atoms. The van der Waals surface area contributed by atoms with Gasteiger partial charge >= 0.3 is 0 Å². The Bertz CT molecular complexity index is 361. The summed E-state index contributed by atoms with van der Waals surface area (Å²) >= 11 is 5.85. The van der Waals surface area contributed by atoms with E-state index in [0.29, 0.717) is 5.88 Å². The largest absolute Gasteiger partial charge is 0.370 e. The molecule has 1 fully saturated rings. The van der Waals surface area contributed by atoms with Crippen LogP contribution in [-0.2, 0) is 4.74 Å². The number of morpholine rings is 1. The van der Waals surface area contributed by atoms with Crippen LogP contribution in [0.3, 0.4) is 0 Å². The number of halogens is 1. The van der Waals surface area contributed by atoms with Gasteiger partial charge in [0.15, 0.2) is 0 Å². The zero-order chi connectivity index (χ0) is 11.5. The van der Waals surface area contributed by atoms with Crippen molar-refractivity contribution < 1.29 is 4.74 Å². The van der Waals surface area contributed by atoms with Crippen LogP contribution < -0.4 is 4.90 Å². The van der Waals surface area contributed by atoms with Gasteiger partial charge in [0.2, 0.25) is 0 Å². The summed E-state index contributed by atoms with van der Waals surface area (Å²) in [5.74, 6) is 1.45. The number of aromatic nitrogens is 2. The van der Waals surface area contributed by atoms with Crippen molar-refractivity contribution in [3.8, 4) is 0 Å². The molecule has 1 aliphatic heterocycles. The van der Waals surface area contributed by atoms with E-state index in [1.807, 2.05) is 6.92 Å². The van der Waals surface area contributed by atoms with Gasteiger partial charge in [-0.25, -0.2) is 4.98 Å². The summed E-state index contributed by atoms with van der Waals surface area (Å²) in [5.41, 5.74) is 0.949. The second-order valence-corrected chi connectivity index (χ2v) is 4.40. The van der Waals surface area contributed by atoms with Crippen LogP contribution in [0.25, 0.3) is 0 Å². The zero-order valence-electron chi connectivity index (χ0n) is 9.56. The number of anilines is 1. The highest BCUT2D eigenvalue weighted by Crippen LogP contribution is 2.20. The summed E-state index contributed by atoms with van der Waals surface area (Å²) in [6, 6.07) is 0. The van der Waals surface area contributed by atoms with E-state index in [0.717, 1.165) is 24.6 Å². The monoisotopic (exact) mass is 241 g/mol. The molecule has 2 unspecified atom stereocenters. The molecule has 0 amide bonds. The summed E-state index contributed by atoms with van der Waals surface area (Å²) in [4.78, 5) is 10.8. The number of alkyl halides is 1. The highest BCUT2D eigenvalue weighted by Gasteiger charge is 2.26. The first-order chi connectivity index (χ1) is 7.70. The molecule has 0 N–H and O–H groups in total. The summed E-state index contributed by atoms with van der Waals surface area (Å²) in [6.45, 7) is 5.65. The fourth-order valence-electron chi connectivity index (χ4n) is 2.01. The van der Waals surface area contributed by atoms with Gasteiger partial charge in [0.1, 0.15) is 5.82 Å². The molecule has 0 aliphatic carbocycles. The second kappa shape index (κ2) is 4.97. The normalized spacial score (nSPS) is 25.8. The zero-order valence-corrected chi connectivity index (χ0v) is 10.3. The van der Waals surface area contributed by atoms with E-state index in [1.54, 1.807) is 12.4 Å². The molecule has 1 aromatic heterocycles. The van der Waals surface area contributed by atoms with E-state index in [4.69, 9.17) is 16.3 Å². The molecule has 0 saturated carbocycles. The van der Waals surface area contributed by atoms with Crippen LogP contribution in [0.15, 0.2) is 12.4 Å². The third-order valence-corrected chi connectivity index (χ3v) is 3.00. The molecule has 0 bridgehead atoms. The molecular formula is C11H16ClN3O. The van der Waals surface area contributed by atoms with Crippen molar-refractivity contribution in [2.24, 2.45) is 0 Å². The Labute approximate surface area is 101 Å².